The number of carbonyl (C=O) groups excluding carboxylic acids is 2. The van der Waals surface area contributed by atoms with Gasteiger partial charge in [0.05, 0.1) is 22.3 Å². The van der Waals surface area contributed by atoms with Crippen molar-refractivity contribution in [2.75, 3.05) is 23.7 Å². The first-order chi connectivity index (χ1) is 12.5. The highest BCUT2D eigenvalue weighted by Gasteiger charge is 2.37. The topological polar surface area (TPSA) is 98.7 Å². The maximum Gasteiger partial charge on any atom is 0.200 e. The first-order valence-corrected chi connectivity index (χ1v) is 8.80. The van der Waals surface area contributed by atoms with Crippen LogP contribution >= 0.6 is 0 Å². The van der Waals surface area contributed by atoms with Gasteiger partial charge in [-0.2, -0.15) is 0 Å². The van der Waals surface area contributed by atoms with Crippen molar-refractivity contribution in [3.8, 4) is 11.5 Å². The van der Waals surface area contributed by atoms with Crippen LogP contribution < -0.4 is 10.6 Å². The molecule has 0 bridgehead atoms. The van der Waals surface area contributed by atoms with Gasteiger partial charge in [-0.15, -0.1) is 0 Å². The van der Waals surface area contributed by atoms with E-state index in [-0.39, 0.29) is 33.8 Å². The maximum absolute atomic E-state index is 13.1. The molecule has 0 fully saturated rings. The minimum atomic E-state index is -0.471. The van der Waals surface area contributed by atoms with Gasteiger partial charge in [-0.1, -0.05) is 13.8 Å². The molecule has 0 heterocycles. The van der Waals surface area contributed by atoms with Crippen molar-refractivity contribution in [2.45, 2.75) is 26.7 Å². The van der Waals surface area contributed by atoms with Crippen molar-refractivity contribution in [2.24, 2.45) is 0 Å². The second kappa shape index (κ2) is 7.07. The van der Waals surface area contributed by atoms with Crippen LogP contribution in [0.15, 0.2) is 24.3 Å². The second-order valence-corrected chi connectivity index (χ2v) is 6.28. The molecular formula is C20H22N2O4. The molecule has 0 spiro atoms. The summed E-state index contributed by atoms with van der Waals surface area (Å²) < 4.78 is 0. The predicted molar refractivity (Wildman–Crippen MR) is 101 cm³/mol. The molecule has 0 unspecified atom stereocenters. The zero-order chi connectivity index (χ0) is 18.8. The summed E-state index contributed by atoms with van der Waals surface area (Å²) in [6.07, 6.45) is 1.68. The summed E-state index contributed by atoms with van der Waals surface area (Å²) in [6.45, 7) is 5.21. The molecule has 4 N–H and O–H groups in total. The molecule has 0 radical (unpaired) electrons. The van der Waals surface area contributed by atoms with Crippen molar-refractivity contribution in [3.05, 3.63) is 46.5 Å². The number of phenolic OH excluding ortho intramolecular Hbond substituents is 2. The van der Waals surface area contributed by atoms with E-state index >= 15 is 0 Å². The van der Waals surface area contributed by atoms with E-state index in [1.165, 1.54) is 12.1 Å². The molecule has 26 heavy (non-hydrogen) atoms. The summed E-state index contributed by atoms with van der Waals surface area (Å²) in [5.41, 5.74) is 1.14. The number of ketones is 2. The Hall–Kier alpha value is -3.02. The van der Waals surface area contributed by atoms with Crippen LogP contribution in [0.4, 0.5) is 11.4 Å². The Balaban J connectivity index is 2.23. The largest absolute Gasteiger partial charge is 0.507 e. The highest BCUT2D eigenvalue weighted by atomic mass is 16.3. The molecule has 3 rings (SSSR count). The minimum Gasteiger partial charge on any atom is -0.507 e. The lowest BCUT2D eigenvalue weighted by molar-refractivity contribution is 0.0975. The Morgan fingerprint density at radius 1 is 0.692 bits per heavy atom. The fourth-order valence-corrected chi connectivity index (χ4v) is 3.18. The number of anilines is 2. The fourth-order valence-electron chi connectivity index (χ4n) is 3.18. The summed E-state index contributed by atoms with van der Waals surface area (Å²) >= 11 is 0. The first kappa shape index (κ1) is 17.8. The molecule has 6 nitrogen and oxygen atoms in total. The highest BCUT2D eigenvalue weighted by molar-refractivity contribution is 6.33. The standard InChI is InChI=1S/C20H22N2O4/c1-3-9-21-11-5-7-13(23)17-15(11)19(25)18-14(24)8-6-12(22-10-4-2)16(18)20(17)26/h5-8,21-24H,3-4,9-10H2,1-2H3. The Bertz CT molecular complexity index is 816. The lowest BCUT2D eigenvalue weighted by Crippen LogP contribution is -2.24. The van der Waals surface area contributed by atoms with Crippen LogP contribution in [-0.2, 0) is 0 Å². The molecule has 0 atom stereocenters. The summed E-state index contributed by atoms with van der Waals surface area (Å²) in [6, 6.07) is 5.98. The quantitative estimate of drug-likeness (QED) is 0.506. The average Bonchev–Trinajstić information content (AvgIpc) is 2.63. The number of hydrogen-bond donors (Lipinski definition) is 4. The van der Waals surface area contributed by atoms with Gasteiger partial charge < -0.3 is 20.8 Å². The van der Waals surface area contributed by atoms with E-state index in [0.717, 1.165) is 12.8 Å². The number of benzene rings is 2. The van der Waals surface area contributed by atoms with E-state index in [1.54, 1.807) is 12.1 Å². The smallest absolute Gasteiger partial charge is 0.200 e. The van der Waals surface area contributed by atoms with Gasteiger partial charge >= 0.3 is 0 Å². The van der Waals surface area contributed by atoms with Gasteiger partial charge in [-0.05, 0) is 37.1 Å². The monoisotopic (exact) mass is 354 g/mol. The van der Waals surface area contributed by atoms with Crippen LogP contribution in [0, 0.1) is 0 Å². The van der Waals surface area contributed by atoms with Crippen LogP contribution in [0.25, 0.3) is 0 Å². The molecule has 6 heteroatoms. The zero-order valence-electron chi connectivity index (χ0n) is 14.8. The summed E-state index contributed by atoms with van der Waals surface area (Å²) in [4.78, 5) is 26.3. The van der Waals surface area contributed by atoms with Crippen molar-refractivity contribution in [1.29, 1.82) is 0 Å². The van der Waals surface area contributed by atoms with E-state index in [4.69, 9.17) is 0 Å². The van der Waals surface area contributed by atoms with Gasteiger partial charge in [0.25, 0.3) is 0 Å². The molecule has 0 saturated heterocycles. The third kappa shape index (κ3) is 2.77. The lowest BCUT2D eigenvalue weighted by atomic mass is 9.81. The highest BCUT2D eigenvalue weighted by Crippen LogP contribution is 2.42. The van der Waals surface area contributed by atoms with E-state index in [1.807, 2.05) is 13.8 Å². The normalized spacial score (nSPS) is 12.5. The Morgan fingerprint density at radius 2 is 1.08 bits per heavy atom. The number of carbonyl (C=O) groups is 2. The zero-order valence-corrected chi connectivity index (χ0v) is 14.8. The number of fused-ring (bicyclic) bond motifs is 2. The van der Waals surface area contributed by atoms with Crippen LogP contribution in [0.3, 0.4) is 0 Å². The van der Waals surface area contributed by atoms with Crippen LogP contribution in [-0.4, -0.2) is 34.9 Å². The Labute approximate surface area is 151 Å². The van der Waals surface area contributed by atoms with Crippen molar-refractivity contribution >= 4 is 22.9 Å². The summed E-state index contributed by atoms with van der Waals surface area (Å²) in [5, 5.41) is 26.8. The lowest BCUT2D eigenvalue weighted by Gasteiger charge is -2.24. The Morgan fingerprint density at radius 3 is 1.42 bits per heavy atom. The molecule has 136 valence electrons. The SMILES string of the molecule is CCCNc1ccc(O)c2c1C(=O)c1c(O)ccc(NCCC)c1C2=O. The van der Waals surface area contributed by atoms with Gasteiger partial charge in [0.2, 0.25) is 11.6 Å². The molecule has 0 aromatic heterocycles. The molecule has 2 aromatic carbocycles. The number of aromatic hydroxyl groups is 2. The molecule has 0 saturated carbocycles. The number of nitrogens with one attached hydrogen (secondary N) is 2. The number of rotatable bonds is 6. The van der Waals surface area contributed by atoms with Crippen LogP contribution in [0.2, 0.25) is 0 Å². The van der Waals surface area contributed by atoms with Crippen molar-refractivity contribution in [3.63, 3.8) is 0 Å². The molecule has 1 aliphatic carbocycles. The molecular weight excluding hydrogens is 332 g/mol. The third-order valence-corrected chi connectivity index (χ3v) is 4.41. The number of hydrogen-bond acceptors (Lipinski definition) is 6. The third-order valence-electron chi connectivity index (χ3n) is 4.41. The second-order valence-electron chi connectivity index (χ2n) is 6.28. The number of phenols is 2. The molecule has 0 amide bonds. The Kier molecular flexibility index (Phi) is 4.84. The molecule has 2 aromatic rings. The minimum absolute atomic E-state index is 0.0197. The maximum atomic E-state index is 13.1. The van der Waals surface area contributed by atoms with Crippen LogP contribution in [0.5, 0.6) is 11.5 Å². The summed E-state index contributed by atoms with van der Waals surface area (Å²) in [7, 11) is 0. The van der Waals surface area contributed by atoms with E-state index in [2.05, 4.69) is 10.6 Å². The predicted octanol–water partition coefficient (Wildman–Crippen LogP) is 3.52. The van der Waals surface area contributed by atoms with Gasteiger partial charge in [0, 0.05) is 24.5 Å². The van der Waals surface area contributed by atoms with E-state index < -0.39 is 11.6 Å². The van der Waals surface area contributed by atoms with Crippen molar-refractivity contribution in [1.82, 2.24) is 0 Å². The van der Waals surface area contributed by atoms with E-state index in [0.29, 0.717) is 24.5 Å². The van der Waals surface area contributed by atoms with Gasteiger partial charge in [-0.3, -0.25) is 9.59 Å². The van der Waals surface area contributed by atoms with Gasteiger partial charge in [0.1, 0.15) is 11.5 Å². The van der Waals surface area contributed by atoms with E-state index in [9.17, 15) is 19.8 Å². The fraction of sp³-hybridized carbons (Fsp3) is 0.300. The van der Waals surface area contributed by atoms with Crippen LogP contribution in [0.1, 0.15) is 58.5 Å². The molecule has 1 aliphatic rings. The van der Waals surface area contributed by atoms with Gasteiger partial charge in [0.15, 0.2) is 0 Å². The summed E-state index contributed by atoms with van der Waals surface area (Å²) in [5.74, 6) is -1.42. The average molecular weight is 354 g/mol. The van der Waals surface area contributed by atoms with Gasteiger partial charge in [-0.25, -0.2) is 0 Å². The van der Waals surface area contributed by atoms with Crippen molar-refractivity contribution < 1.29 is 19.8 Å². The first-order valence-electron chi connectivity index (χ1n) is 8.80. The molecule has 0 aliphatic heterocycles.